The zero-order chi connectivity index (χ0) is 17.8. The van der Waals surface area contributed by atoms with Gasteiger partial charge in [-0.15, -0.1) is 0 Å². The van der Waals surface area contributed by atoms with Gasteiger partial charge >= 0.3 is 0 Å². The molecule has 1 aliphatic heterocycles. The number of likely N-dealkylation sites (N-methyl/N-ethyl adjacent to an activating group) is 1. The maximum absolute atomic E-state index is 5.85. The third-order valence-electron chi connectivity index (χ3n) is 4.46. The van der Waals surface area contributed by atoms with Crippen molar-refractivity contribution >= 4 is 0 Å². The zero-order valence-corrected chi connectivity index (χ0v) is 14.6. The molecule has 1 unspecified atom stereocenters. The molecule has 1 N–H and O–H groups in total. The third kappa shape index (κ3) is 3.74. The van der Waals surface area contributed by atoms with Crippen molar-refractivity contribution in [3.8, 4) is 17.2 Å². The fourth-order valence-corrected chi connectivity index (χ4v) is 2.95. The highest BCUT2D eigenvalue weighted by Crippen LogP contribution is 2.25. The van der Waals surface area contributed by atoms with Crippen LogP contribution in [0.4, 0.5) is 0 Å². The molecule has 1 fully saturated rings. The molecule has 1 atom stereocenters. The van der Waals surface area contributed by atoms with Gasteiger partial charge in [-0.2, -0.15) is 4.98 Å². The average molecular weight is 351 g/mol. The van der Waals surface area contributed by atoms with Crippen LogP contribution in [0.25, 0.3) is 11.5 Å². The first-order valence-electron chi connectivity index (χ1n) is 8.66. The molecular weight excluding hydrogens is 330 g/mol. The van der Waals surface area contributed by atoms with Gasteiger partial charge in [0.25, 0.3) is 5.89 Å². The molecule has 2 aromatic heterocycles. The summed E-state index contributed by atoms with van der Waals surface area (Å²) in [5.41, 5.74) is 1.87. The number of aromatic nitrogens is 3. The molecule has 134 valence electrons. The molecule has 0 saturated carbocycles. The Morgan fingerprint density at radius 3 is 3.12 bits per heavy atom. The van der Waals surface area contributed by atoms with Crippen LogP contribution in [-0.2, 0) is 6.61 Å². The molecular formula is C19H21N5O2. The largest absolute Gasteiger partial charge is 0.489 e. The Morgan fingerprint density at radius 1 is 1.31 bits per heavy atom. The SMILES string of the molecule is CN1CCNCC1c1noc(-c2cccc(OCc3cccnc3)c2)n1. The van der Waals surface area contributed by atoms with Crippen LogP contribution in [0.3, 0.4) is 0 Å². The standard InChI is InChI=1S/C19H21N5O2/c1-24-9-8-21-12-17(24)18-22-19(26-23-18)15-5-2-6-16(10-15)25-13-14-4-3-7-20-11-14/h2-7,10-11,17,21H,8-9,12-13H2,1H3. The maximum Gasteiger partial charge on any atom is 0.258 e. The summed E-state index contributed by atoms with van der Waals surface area (Å²) in [5, 5.41) is 7.54. The van der Waals surface area contributed by atoms with Crippen molar-refractivity contribution in [3.05, 3.63) is 60.2 Å². The van der Waals surface area contributed by atoms with Gasteiger partial charge in [-0.05, 0) is 31.3 Å². The molecule has 3 heterocycles. The van der Waals surface area contributed by atoms with Crippen molar-refractivity contribution in [2.75, 3.05) is 26.7 Å². The molecule has 4 rings (SSSR count). The van der Waals surface area contributed by atoms with Gasteiger partial charge in [-0.3, -0.25) is 9.88 Å². The highest BCUT2D eigenvalue weighted by atomic mass is 16.5. The molecule has 0 amide bonds. The summed E-state index contributed by atoms with van der Waals surface area (Å²) in [4.78, 5) is 10.9. The molecule has 1 aliphatic rings. The van der Waals surface area contributed by atoms with Crippen molar-refractivity contribution in [3.63, 3.8) is 0 Å². The molecule has 26 heavy (non-hydrogen) atoms. The van der Waals surface area contributed by atoms with Crippen LogP contribution >= 0.6 is 0 Å². The van der Waals surface area contributed by atoms with E-state index < -0.39 is 0 Å². The van der Waals surface area contributed by atoms with Crippen LogP contribution < -0.4 is 10.1 Å². The molecule has 0 bridgehead atoms. The first kappa shape index (κ1) is 16.7. The van der Waals surface area contributed by atoms with Crippen LogP contribution in [0.1, 0.15) is 17.4 Å². The molecule has 0 spiro atoms. The zero-order valence-electron chi connectivity index (χ0n) is 14.6. The summed E-state index contributed by atoms with van der Waals surface area (Å²) in [6.45, 7) is 3.23. The summed E-state index contributed by atoms with van der Waals surface area (Å²) in [7, 11) is 2.08. The predicted molar refractivity (Wildman–Crippen MR) is 96.5 cm³/mol. The molecule has 0 aliphatic carbocycles. The number of nitrogens with one attached hydrogen (secondary N) is 1. The van der Waals surface area contributed by atoms with Gasteiger partial charge in [0.1, 0.15) is 12.4 Å². The second-order valence-electron chi connectivity index (χ2n) is 6.34. The van der Waals surface area contributed by atoms with Crippen molar-refractivity contribution in [1.82, 2.24) is 25.3 Å². The average Bonchev–Trinajstić information content (AvgIpc) is 3.18. The first-order chi connectivity index (χ1) is 12.8. The van der Waals surface area contributed by atoms with E-state index in [2.05, 4.69) is 32.4 Å². The van der Waals surface area contributed by atoms with Crippen molar-refractivity contribution in [2.24, 2.45) is 0 Å². The lowest BCUT2D eigenvalue weighted by Gasteiger charge is -2.30. The van der Waals surface area contributed by atoms with Crippen LogP contribution in [0.15, 0.2) is 53.3 Å². The lowest BCUT2D eigenvalue weighted by molar-refractivity contribution is 0.190. The molecule has 7 heteroatoms. The molecule has 1 saturated heterocycles. The van der Waals surface area contributed by atoms with Gasteiger partial charge < -0.3 is 14.6 Å². The van der Waals surface area contributed by atoms with E-state index in [4.69, 9.17) is 9.26 Å². The Labute approximate surface area is 152 Å². The lowest BCUT2D eigenvalue weighted by atomic mass is 10.2. The van der Waals surface area contributed by atoms with Gasteiger partial charge in [-0.1, -0.05) is 17.3 Å². The van der Waals surface area contributed by atoms with Gasteiger partial charge in [-0.25, -0.2) is 0 Å². The van der Waals surface area contributed by atoms with Crippen LogP contribution in [0, 0.1) is 0 Å². The summed E-state index contributed by atoms with van der Waals surface area (Å²) in [5.74, 6) is 1.96. The Bertz CT molecular complexity index is 852. The second-order valence-corrected chi connectivity index (χ2v) is 6.34. The summed E-state index contributed by atoms with van der Waals surface area (Å²) < 4.78 is 11.3. The van der Waals surface area contributed by atoms with Crippen LogP contribution in [-0.4, -0.2) is 46.7 Å². The minimum atomic E-state index is 0.131. The Kier molecular flexibility index (Phi) is 4.90. The molecule has 0 radical (unpaired) electrons. The summed E-state index contributed by atoms with van der Waals surface area (Å²) in [6.07, 6.45) is 3.54. The highest BCUT2D eigenvalue weighted by Gasteiger charge is 2.25. The predicted octanol–water partition coefficient (Wildman–Crippen LogP) is 2.29. The number of hydrogen-bond acceptors (Lipinski definition) is 7. The van der Waals surface area contributed by atoms with Gasteiger partial charge in [0, 0.05) is 43.2 Å². The van der Waals surface area contributed by atoms with Gasteiger partial charge in [0.15, 0.2) is 5.82 Å². The van der Waals surface area contributed by atoms with Crippen LogP contribution in [0.5, 0.6) is 5.75 Å². The normalized spacial score (nSPS) is 18.0. The van der Waals surface area contributed by atoms with Crippen molar-refractivity contribution < 1.29 is 9.26 Å². The molecule has 7 nitrogen and oxygen atoms in total. The monoisotopic (exact) mass is 351 g/mol. The van der Waals surface area contributed by atoms with Crippen LogP contribution in [0.2, 0.25) is 0 Å². The van der Waals surface area contributed by atoms with E-state index in [1.807, 2.05) is 36.4 Å². The van der Waals surface area contributed by atoms with E-state index in [0.29, 0.717) is 18.3 Å². The lowest BCUT2D eigenvalue weighted by Crippen LogP contribution is -2.44. The minimum absolute atomic E-state index is 0.131. The number of pyridine rings is 1. The minimum Gasteiger partial charge on any atom is -0.489 e. The van der Waals surface area contributed by atoms with Gasteiger partial charge in [0.2, 0.25) is 0 Å². The van der Waals surface area contributed by atoms with Gasteiger partial charge in [0.05, 0.1) is 6.04 Å². The van der Waals surface area contributed by atoms with E-state index in [-0.39, 0.29) is 6.04 Å². The Hall–Kier alpha value is -2.77. The van der Waals surface area contributed by atoms with Crippen molar-refractivity contribution in [1.29, 1.82) is 0 Å². The maximum atomic E-state index is 5.85. The van der Waals surface area contributed by atoms with Crippen molar-refractivity contribution in [2.45, 2.75) is 12.6 Å². The number of hydrogen-bond donors (Lipinski definition) is 1. The molecule has 1 aromatic carbocycles. The van der Waals surface area contributed by atoms with E-state index in [1.54, 1.807) is 12.4 Å². The summed E-state index contributed by atoms with van der Waals surface area (Å²) >= 11 is 0. The summed E-state index contributed by atoms with van der Waals surface area (Å²) in [6, 6.07) is 11.7. The Morgan fingerprint density at radius 2 is 2.27 bits per heavy atom. The fraction of sp³-hybridized carbons (Fsp3) is 0.316. The quantitative estimate of drug-likeness (QED) is 0.756. The number of benzene rings is 1. The number of piperazine rings is 1. The highest BCUT2D eigenvalue weighted by molar-refractivity contribution is 5.55. The number of ether oxygens (including phenoxy) is 1. The first-order valence-corrected chi connectivity index (χ1v) is 8.66. The Balaban J connectivity index is 1.48. The second kappa shape index (κ2) is 7.63. The topological polar surface area (TPSA) is 76.3 Å². The molecule has 3 aromatic rings. The number of nitrogens with zero attached hydrogens (tertiary/aromatic N) is 4. The fourth-order valence-electron chi connectivity index (χ4n) is 2.95. The smallest absolute Gasteiger partial charge is 0.258 e. The van der Waals surface area contributed by atoms with E-state index in [9.17, 15) is 0 Å². The van der Waals surface area contributed by atoms with E-state index in [1.165, 1.54) is 0 Å². The van der Waals surface area contributed by atoms with E-state index in [0.717, 1.165) is 36.5 Å². The third-order valence-corrected chi connectivity index (χ3v) is 4.46. The van der Waals surface area contributed by atoms with E-state index >= 15 is 0 Å². The number of rotatable bonds is 5.